The summed E-state index contributed by atoms with van der Waals surface area (Å²) in [6.45, 7) is 1.69. The van der Waals surface area contributed by atoms with Crippen LogP contribution in [0.15, 0.2) is 0 Å². The van der Waals surface area contributed by atoms with Gasteiger partial charge in [0.15, 0.2) is 0 Å². The Labute approximate surface area is 93.6 Å². The molecule has 2 N–H and O–H groups in total. The molecule has 2 nitrogen and oxygen atoms in total. The first kappa shape index (κ1) is 11.4. The maximum Gasteiger partial charge on any atom is 0.0804 e. The van der Waals surface area contributed by atoms with Crippen LogP contribution in [-0.2, 0) is 4.74 Å². The van der Waals surface area contributed by atoms with Crippen LogP contribution in [0.4, 0.5) is 0 Å². The highest BCUT2D eigenvalue weighted by atomic mass is 16.5. The SMILES string of the molecule is NCC1(OCC2CCC2)CCCCCC1. The van der Waals surface area contributed by atoms with Crippen LogP contribution in [0.1, 0.15) is 57.8 Å². The Kier molecular flexibility index (Phi) is 4.04. The zero-order chi connectivity index (χ0) is 10.6. The van der Waals surface area contributed by atoms with Crippen LogP contribution >= 0.6 is 0 Å². The average Bonchev–Trinajstić information content (AvgIpc) is 2.42. The number of hydrogen-bond acceptors (Lipinski definition) is 2. The average molecular weight is 211 g/mol. The molecule has 2 rings (SSSR count). The van der Waals surface area contributed by atoms with E-state index in [1.165, 1.54) is 57.8 Å². The summed E-state index contributed by atoms with van der Waals surface area (Å²) in [4.78, 5) is 0. The summed E-state index contributed by atoms with van der Waals surface area (Å²) < 4.78 is 6.18. The second kappa shape index (κ2) is 5.31. The zero-order valence-corrected chi connectivity index (χ0v) is 9.84. The van der Waals surface area contributed by atoms with E-state index in [0.29, 0.717) is 0 Å². The molecule has 2 saturated carbocycles. The Hall–Kier alpha value is -0.0800. The van der Waals surface area contributed by atoms with E-state index < -0.39 is 0 Å². The minimum Gasteiger partial charge on any atom is -0.373 e. The monoisotopic (exact) mass is 211 g/mol. The van der Waals surface area contributed by atoms with Crippen molar-refractivity contribution < 1.29 is 4.74 Å². The summed E-state index contributed by atoms with van der Waals surface area (Å²) in [6.07, 6.45) is 11.9. The first-order valence-electron chi connectivity index (χ1n) is 6.69. The summed E-state index contributed by atoms with van der Waals surface area (Å²) in [5.41, 5.74) is 5.98. The molecule has 0 aliphatic heterocycles. The Morgan fingerprint density at radius 1 is 1.00 bits per heavy atom. The molecule has 0 bridgehead atoms. The van der Waals surface area contributed by atoms with Gasteiger partial charge in [-0.3, -0.25) is 0 Å². The van der Waals surface area contributed by atoms with Gasteiger partial charge < -0.3 is 10.5 Å². The lowest BCUT2D eigenvalue weighted by atomic mass is 9.85. The van der Waals surface area contributed by atoms with E-state index in [1.54, 1.807) is 0 Å². The van der Waals surface area contributed by atoms with Gasteiger partial charge in [0.1, 0.15) is 0 Å². The minimum absolute atomic E-state index is 0.0477. The first-order chi connectivity index (χ1) is 7.35. The molecule has 2 heteroatoms. The highest BCUT2D eigenvalue weighted by molar-refractivity contribution is 4.85. The van der Waals surface area contributed by atoms with Gasteiger partial charge in [0.25, 0.3) is 0 Å². The van der Waals surface area contributed by atoms with E-state index in [-0.39, 0.29) is 5.60 Å². The van der Waals surface area contributed by atoms with Crippen LogP contribution < -0.4 is 5.73 Å². The lowest BCUT2D eigenvalue weighted by Gasteiger charge is -2.35. The van der Waals surface area contributed by atoms with Crippen molar-refractivity contribution in [1.29, 1.82) is 0 Å². The zero-order valence-electron chi connectivity index (χ0n) is 9.84. The largest absolute Gasteiger partial charge is 0.373 e. The van der Waals surface area contributed by atoms with Crippen LogP contribution in [0.2, 0.25) is 0 Å². The van der Waals surface area contributed by atoms with E-state index in [1.807, 2.05) is 0 Å². The molecule has 88 valence electrons. The van der Waals surface area contributed by atoms with Gasteiger partial charge in [0.2, 0.25) is 0 Å². The Bertz CT molecular complexity index is 181. The number of rotatable bonds is 4. The Morgan fingerprint density at radius 3 is 2.13 bits per heavy atom. The van der Waals surface area contributed by atoms with Crippen molar-refractivity contribution in [3.8, 4) is 0 Å². The van der Waals surface area contributed by atoms with Crippen LogP contribution in [0.25, 0.3) is 0 Å². The summed E-state index contributed by atoms with van der Waals surface area (Å²) >= 11 is 0. The maximum absolute atomic E-state index is 6.18. The van der Waals surface area contributed by atoms with Gasteiger partial charge in [-0.05, 0) is 31.6 Å². The molecule has 0 aromatic rings. The minimum atomic E-state index is 0.0477. The van der Waals surface area contributed by atoms with Crippen molar-refractivity contribution in [3.63, 3.8) is 0 Å². The highest BCUT2D eigenvalue weighted by Gasteiger charge is 2.31. The summed E-state index contributed by atoms with van der Waals surface area (Å²) in [6, 6.07) is 0. The van der Waals surface area contributed by atoms with Crippen LogP contribution in [0, 0.1) is 5.92 Å². The van der Waals surface area contributed by atoms with Crippen molar-refractivity contribution in [2.45, 2.75) is 63.4 Å². The van der Waals surface area contributed by atoms with Gasteiger partial charge in [-0.2, -0.15) is 0 Å². The molecule has 2 aliphatic carbocycles. The van der Waals surface area contributed by atoms with E-state index >= 15 is 0 Å². The summed E-state index contributed by atoms with van der Waals surface area (Å²) in [7, 11) is 0. The van der Waals surface area contributed by atoms with E-state index in [2.05, 4.69) is 0 Å². The maximum atomic E-state index is 6.18. The Balaban J connectivity index is 1.81. The molecule has 0 spiro atoms. The third kappa shape index (κ3) is 2.94. The standard InChI is InChI=1S/C13H25NO/c14-11-13(8-3-1-2-4-9-13)15-10-12-6-5-7-12/h12H,1-11,14H2. The van der Waals surface area contributed by atoms with Crippen molar-refractivity contribution >= 4 is 0 Å². The molecule has 0 atom stereocenters. The molecule has 2 aliphatic rings. The molecule has 0 saturated heterocycles. The third-order valence-electron chi connectivity index (χ3n) is 4.24. The van der Waals surface area contributed by atoms with Gasteiger partial charge in [0.05, 0.1) is 12.2 Å². The fourth-order valence-corrected chi connectivity index (χ4v) is 2.73. The second-order valence-corrected chi connectivity index (χ2v) is 5.41. The third-order valence-corrected chi connectivity index (χ3v) is 4.24. The van der Waals surface area contributed by atoms with Gasteiger partial charge in [-0.25, -0.2) is 0 Å². The lowest BCUT2D eigenvalue weighted by molar-refractivity contribution is -0.0739. The molecule has 0 aromatic heterocycles. The molecule has 0 unspecified atom stereocenters. The van der Waals surface area contributed by atoms with Crippen molar-refractivity contribution in [2.75, 3.05) is 13.2 Å². The Morgan fingerprint density at radius 2 is 1.67 bits per heavy atom. The van der Waals surface area contributed by atoms with Gasteiger partial charge >= 0.3 is 0 Å². The van der Waals surface area contributed by atoms with Gasteiger partial charge in [-0.1, -0.05) is 32.1 Å². The first-order valence-corrected chi connectivity index (χ1v) is 6.69. The molecular weight excluding hydrogens is 186 g/mol. The molecule has 0 aromatic carbocycles. The van der Waals surface area contributed by atoms with E-state index in [9.17, 15) is 0 Å². The molecular formula is C13H25NO. The van der Waals surface area contributed by atoms with E-state index in [0.717, 1.165) is 19.1 Å². The highest BCUT2D eigenvalue weighted by Crippen LogP contribution is 2.33. The predicted octanol–water partition coefficient (Wildman–Crippen LogP) is 2.85. The molecule has 2 fully saturated rings. The normalized spacial score (nSPS) is 27.0. The lowest BCUT2D eigenvalue weighted by Crippen LogP contribution is -2.42. The smallest absolute Gasteiger partial charge is 0.0804 e. The molecule has 0 radical (unpaired) electrons. The molecule has 15 heavy (non-hydrogen) atoms. The van der Waals surface area contributed by atoms with Crippen LogP contribution in [0.5, 0.6) is 0 Å². The topological polar surface area (TPSA) is 35.2 Å². The second-order valence-electron chi connectivity index (χ2n) is 5.41. The van der Waals surface area contributed by atoms with Gasteiger partial charge in [-0.15, -0.1) is 0 Å². The molecule has 0 amide bonds. The van der Waals surface area contributed by atoms with Crippen molar-refractivity contribution in [1.82, 2.24) is 0 Å². The van der Waals surface area contributed by atoms with Crippen molar-refractivity contribution in [2.24, 2.45) is 11.7 Å². The predicted molar refractivity (Wildman–Crippen MR) is 62.8 cm³/mol. The summed E-state index contributed by atoms with van der Waals surface area (Å²) in [5, 5.41) is 0. The van der Waals surface area contributed by atoms with Gasteiger partial charge in [0, 0.05) is 6.54 Å². The van der Waals surface area contributed by atoms with Crippen LogP contribution in [-0.4, -0.2) is 18.8 Å². The number of ether oxygens (including phenoxy) is 1. The fraction of sp³-hybridized carbons (Fsp3) is 1.00. The summed E-state index contributed by atoms with van der Waals surface area (Å²) in [5.74, 6) is 0.844. The van der Waals surface area contributed by atoms with Crippen LogP contribution in [0.3, 0.4) is 0 Å². The quantitative estimate of drug-likeness (QED) is 0.726. The fourth-order valence-electron chi connectivity index (χ4n) is 2.73. The van der Waals surface area contributed by atoms with E-state index in [4.69, 9.17) is 10.5 Å². The molecule has 0 heterocycles. The number of nitrogens with two attached hydrogens (primary N) is 1. The van der Waals surface area contributed by atoms with Crippen molar-refractivity contribution in [3.05, 3.63) is 0 Å². The number of hydrogen-bond donors (Lipinski definition) is 1.